The standard InChI is InChI=1S/C21H21N3O2/c1-2-3-12-22-20(25)21(26)24-23-14-19-17-10-6-4-8-15(17)13-16-9-5-7-11-18(16)19/h4-11,13-14H,2-3,12H2,1H3,(H,22,25)(H,24,26). The lowest BCUT2D eigenvalue weighted by atomic mass is 9.97. The Morgan fingerprint density at radius 1 is 0.962 bits per heavy atom. The molecule has 5 heteroatoms. The van der Waals surface area contributed by atoms with Crippen molar-refractivity contribution in [3.8, 4) is 0 Å². The Hall–Kier alpha value is -3.21. The second-order valence-corrected chi connectivity index (χ2v) is 6.04. The number of hydrogen-bond acceptors (Lipinski definition) is 3. The molecule has 0 radical (unpaired) electrons. The van der Waals surface area contributed by atoms with Crippen molar-refractivity contribution in [1.29, 1.82) is 0 Å². The lowest BCUT2D eigenvalue weighted by Gasteiger charge is -2.08. The molecule has 5 nitrogen and oxygen atoms in total. The van der Waals surface area contributed by atoms with Crippen LogP contribution in [0.2, 0.25) is 0 Å². The minimum Gasteiger partial charge on any atom is -0.348 e. The van der Waals surface area contributed by atoms with Gasteiger partial charge < -0.3 is 5.32 Å². The third-order valence-electron chi connectivity index (χ3n) is 4.19. The van der Waals surface area contributed by atoms with Crippen LogP contribution in [0.3, 0.4) is 0 Å². The van der Waals surface area contributed by atoms with Crippen LogP contribution in [0, 0.1) is 0 Å². The second kappa shape index (κ2) is 8.25. The highest BCUT2D eigenvalue weighted by Crippen LogP contribution is 2.27. The largest absolute Gasteiger partial charge is 0.348 e. The van der Waals surface area contributed by atoms with Gasteiger partial charge >= 0.3 is 11.8 Å². The molecule has 0 aliphatic rings. The Kier molecular flexibility index (Phi) is 5.59. The Morgan fingerprint density at radius 3 is 2.19 bits per heavy atom. The summed E-state index contributed by atoms with van der Waals surface area (Å²) < 4.78 is 0. The molecule has 2 N–H and O–H groups in total. The third-order valence-corrected chi connectivity index (χ3v) is 4.19. The van der Waals surface area contributed by atoms with Crippen LogP contribution in [0.5, 0.6) is 0 Å². The van der Waals surface area contributed by atoms with Gasteiger partial charge in [0.15, 0.2) is 0 Å². The zero-order valence-electron chi connectivity index (χ0n) is 14.7. The van der Waals surface area contributed by atoms with E-state index in [1.54, 1.807) is 6.21 Å². The van der Waals surface area contributed by atoms with Crippen molar-refractivity contribution in [3.63, 3.8) is 0 Å². The second-order valence-electron chi connectivity index (χ2n) is 6.04. The molecule has 26 heavy (non-hydrogen) atoms. The Morgan fingerprint density at radius 2 is 1.58 bits per heavy atom. The van der Waals surface area contributed by atoms with Crippen molar-refractivity contribution in [2.75, 3.05) is 6.54 Å². The summed E-state index contributed by atoms with van der Waals surface area (Å²) in [5.74, 6) is -1.43. The average Bonchev–Trinajstić information content (AvgIpc) is 2.67. The molecule has 0 saturated carbocycles. The number of hydrazone groups is 1. The summed E-state index contributed by atoms with van der Waals surface area (Å²) in [7, 11) is 0. The van der Waals surface area contributed by atoms with Gasteiger partial charge in [0, 0.05) is 12.1 Å². The number of unbranched alkanes of at least 4 members (excludes halogenated alkanes) is 1. The molecule has 132 valence electrons. The van der Waals surface area contributed by atoms with Gasteiger partial charge in [-0.1, -0.05) is 61.9 Å². The number of nitrogens with zero attached hydrogens (tertiary/aromatic N) is 1. The number of hydrogen-bond donors (Lipinski definition) is 2. The van der Waals surface area contributed by atoms with E-state index in [0.29, 0.717) is 6.54 Å². The summed E-state index contributed by atoms with van der Waals surface area (Å²) >= 11 is 0. The number of carbonyl (C=O) groups excluding carboxylic acids is 2. The fourth-order valence-corrected chi connectivity index (χ4v) is 2.85. The third kappa shape index (κ3) is 3.88. The van der Waals surface area contributed by atoms with Crippen LogP contribution in [0.1, 0.15) is 25.3 Å². The maximum absolute atomic E-state index is 11.8. The molecule has 0 aliphatic carbocycles. The van der Waals surface area contributed by atoms with Crippen molar-refractivity contribution in [2.45, 2.75) is 19.8 Å². The molecule has 0 spiro atoms. The Labute approximate surface area is 152 Å². The molecular weight excluding hydrogens is 326 g/mol. The smallest absolute Gasteiger partial charge is 0.329 e. The first-order chi connectivity index (χ1) is 12.7. The van der Waals surface area contributed by atoms with Crippen LogP contribution < -0.4 is 10.7 Å². The summed E-state index contributed by atoms with van der Waals surface area (Å²) in [6.07, 6.45) is 3.39. The van der Waals surface area contributed by atoms with Gasteiger partial charge in [0.05, 0.1) is 6.21 Å². The quantitative estimate of drug-likeness (QED) is 0.244. The number of amides is 2. The summed E-state index contributed by atoms with van der Waals surface area (Å²) in [6, 6.07) is 18.1. The molecular formula is C21H21N3O2. The summed E-state index contributed by atoms with van der Waals surface area (Å²) in [5.41, 5.74) is 3.21. The van der Waals surface area contributed by atoms with E-state index >= 15 is 0 Å². The maximum Gasteiger partial charge on any atom is 0.329 e. The Bertz CT molecular complexity index is 925. The average molecular weight is 347 g/mol. The topological polar surface area (TPSA) is 70.6 Å². The highest BCUT2D eigenvalue weighted by atomic mass is 16.2. The van der Waals surface area contributed by atoms with E-state index in [4.69, 9.17) is 0 Å². The highest BCUT2D eigenvalue weighted by molar-refractivity contribution is 6.35. The van der Waals surface area contributed by atoms with Crippen LogP contribution in [-0.4, -0.2) is 24.6 Å². The number of rotatable bonds is 5. The molecule has 3 rings (SSSR count). The predicted molar refractivity (Wildman–Crippen MR) is 105 cm³/mol. The van der Waals surface area contributed by atoms with Crippen molar-refractivity contribution in [3.05, 3.63) is 60.2 Å². The van der Waals surface area contributed by atoms with Crippen LogP contribution in [-0.2, 0) is 9.59 Å². The van der Waals surface area contributed by atoms with Gasteiger partial charge in [0.1, 0.15) is 0 Å². The van der Waals surface area contributed by atoms with E-state index in [1.165, 1.54) is 0 Å². The number of carbonyl (C=O) groups is 2. The minimum absolute atomic E-state index is 0.487. The lowest BCUT2D eigenvalue weighted by Crippen LogP contribution is -2.38. The first kappa shape index (κ1) is 17.6. The minimum atomic E-state index is -0.762. The van der Waals surface area contributed by atoms with Crippen LogP contribution in [0.25, 0.3) is 21.5 Å². The van der Waals surface area contributed by atoms with Gasteiger partial charge in [0.25, 0.3) is 0 Å². The molecule has 3 aromatic rings. The monoisotopic (exact) mass is 347 g/mol. The highest BCUT2D eigenvalue weighted by Gasteiger charge is 2.11. The molecule has 2 amide bonds. The van der Waals surface area contributed by atoms with Gasteiger partial charge in [-0.25, -0.2) is 5.43 Å². The van der Waals surface area contributed by atoms with Crippen molar-refractivity contribution < 1.29 is 9.59 Å². The van der Waals surface area contributed by atoms with E-state index in [9.17, 15) is 9.59 Å². The first-order valence-corrected chi connectivity index (χ1v) is 8.72. The zero-order valence-corrected chi connectivity index (χ0v) is 14.7. The predicted octanol–water partition coefficient (Wildman–Crippen LogP) is 3.36. The van der Waals surface area contributed by atoms with Crippen molar-refractivity contribution in [2.24, 2.45) is 5.10 Å². The molecule has 0 unspecified atom stereocenters. The van der Waals surface area contributed by atoms with E-state index in [1.807, 2.05) is 55.5 Å². The maximum atomic E-state index is 11.8. The van der Waals surface area contributed by atoms with Crippen LogP contribution in [0.4, 0.5) is 0 Å². The molecule has 0 bridgehead atoms. The summed E-state index contributed by atoms with van der Waals surface area (Å²) in [6.45, 7) is 2.51. The van der Waals surface area contributed by atoms with Crippen LogP contribution in [0.15, 0.2) is 59.7 Å². The van der Waals surface area contributed by atoms with Gasteiger partial charge in [-0.3, -0.25) is 9.59 Å². The molecule has 0 heterocycles. The SMILES string of the molecule is CCCCNC(=O)C(=O)NN=Cc1c2ccccc2cc2ccccc12. The van der Waals surface area contributed by atoms with E-state index in [2.05, 4.69) is 21.9 Å². The van der Waals surface area contributed by atoms with Crippen molar-refractivity contribution in [1.82, 2.24) is 10.7 Å². The molecule has 0 aromatic heterocycles. The number of benzene rings is 3. The molecule has 0 saturated heterocycles. The van der Waals surface area contributed by atoms with E-state index in [0.717, 1.165) is 39.9 Å². The van der Waals surface area contributed by atoms with Crippen molar-refractivity contribution >= 4 is 39.6 Å². The van der Waals surface area contributed by atoms with E-state index in [-0.39, 0.29) is 0 Å². The summed E-state index contributed by atoms with van der Waals surface area (Å²) in [5, 5.41) is 10.8. The fourth-order valence-electron chi connectivity index (χ4n) is 2.85. The fraction of sp³-hybridized carbons (Fsp3) is 0.190. The zero-order chi connectivity index (χ0) is 18.4. The van der Waals surface area contributed by atoms with Gasteiger partial charge in [-0.05, 0) is 34.0 Å². The molecule has 0 atom stereocenters. The first-order valence-electron chi connectivity index (χ1n) is 8.72. The molecule has 0 fully saturated rings. The molecule has 0 aliphatic heterocycles. The number of fused-ring (bicyclic) bond motifs is 2. The number of nitrogens with one attached hydrogen (secondary N) is 2. The molecule has 3 aromatic carbocycles. The van der Waals surface area contributed by atoms with Gasteiger partial charge in [-0.2, -0.15) is 5.10 Å². The van der Waals surface area contributed by atoms with Gasteiger partial charge in [-0.15, -0.1) is 0 Å². The van der Waals surface area contributed by atoms with Gasteiger partial charge in [0.2, 0.25) is 0 Å². The van der Waals surface area contributed by atoms with Crippen LogP contribution >= 0.6 is 0 Å². The summed E-state index contributed by atoms with van der Waals surface area (Å²) in [4.78, 5) is 23.5. The Balaban J connectivity index is 1.84. The normalized spacial score (nSPS) is 11.1. The van der Waals surface area contributed by atoms with E-state index < -0.39 is 11.8 Å². The lowest BCUT2D eigenvalue weighted by molar-refractivity contribution is -0.139.